The second-order valence-corrected chi connectivity index (χ2v) is 3.79. The molecule has 1 heterocycles. The number of unbranched alkanes of at least 4 members (excludes halogenated alkanes) is 1. The van der Waals surface area contributed by atoms with Crippen molar-refractivity contribution in [2.45, 2.75) is 18.9 Å². The molecule has 0 aromatic rings. The Hall–Kier alpha value is -0.120. The van der Waals surface area contributed by atoms with E-state index in [-0.39, 0.29) is 0 Å². The third kappa shape index (κ3) is 2.73. The SMILES string of the molecule is CN1CC(N(C)CCCCO)C1. The van der Waals surface area contributed by atoms with Crippen molar-refractivity contribution in [3.63, 3.8) is 0 Å². The van der Waals surface area contributed by atoms with Gasteiger partial charge in [-0.3, -0.25) is 0 Å². The van der Waals surface area contributed by atoms with Crippen molar-refractivity contribution >= 4 is 0 Å². The summed E-state index contributed by atoms with van der Waals surface area (Å²) in [5, 5.41) is 8.60. The highest BCUT2D eigenvalue weighted by Crippen LogP contribution is 2.10. The molecule has 0 amide bonds. The molecular weight excluding hydrogens is 152 g/mol. The first-order valence-electron chi connectivity index (χ1n) is 4.73. The highest BCUT2D eigenvalue weighted by molar-refractivity contribution is 4.84. The lowest BCUT2D eigenvalue weighted by Crippen LogP contribution is -2.56. The topological polar surface area (TPSA) is 26.7 Å². The molecule has 0 bridgehead atoms. The fourth-order valence-corrected chi connectivity index (χ4v) is 1.60. The van der Waals surface area contributed by atoms with Crippen LogP contribution in [0, 0.1) is 0 Å². The normalized spacial score (nSPS) is 20.0. The lowest BCUT2D eigenvalue weighted by atomic mass is 10.1. The fourth-order valence-electron chi connectivity index (χ4n) is 1.60. The molecule has 1 rings (SSSR count). The van der Waals surface area contributed by atoms with Crippen molar-refractivity contribution in [1.82, 2.24) is 9.80 Å². The van der Waals surface area contributed by atoms with Crippen LogP contribution in [0.1, 0.15) is 12.8 Å². The van der Waals surface area contributed by atoms with Crippen LogP contribution in [0.5, 0.6) is 0 Å². The summed E-state index contributed by atoms with van der Waals surface area (Å²) in [5.74, 6) is 0. The van der Waals surface area contributed by atoms with Crippen molar-refractivity contribution < 1.29 is 5.11 Å². The Bertz CT molecular complexity index is 124. The third-order valence-electron chi connectivity index (χ3n) is 2.59. The van der Waals surface area contributed by atoms with Gasteiger partial charge < -0.3 is 14.9 Å². The summed E-state index contributed by atoms with van der Waals surface area (Å²) >= 11 is 0. The van der Waals surface area contributed by atoms with Gasteiger partial charge in [-0.1, -0.05) is 0 Å². The van der Waals surface area contributed by atoms with Crippen LogP contribution in [-0.2, 0) is 0 Å². The molecule has 0 aromatic carbocycles. The van der Waals surface area contributed by atoms with E-state index in [1.165, 1.54) is 13.1 Å². The van der Waals surface area contributed by atoms with Crippen LogP contribution >= 0.6 is 0 Å². The summed E-state index contributed by atoms with van der Waals surface area (Å²) in [5.41, 5.74) is 0. The summed E-state index contributed by atoms with van der Waals surface area (Å²) < 4.78 is 0. The van der Waals surface area contributed by atoms with E-state index >= 15 is 0 Å². The van der Waals surface area contributed by atoms with Gasteiger partial charge in [0.15, 0.2) is 0 Å². The van der Waals surface area contributed by atoms with E-state index in [0.717, 1.165) is 25.4 Å². The highest BCUT2D eigenvalue weighted by atomic mass is 16.2. The Labute approximate surface area is 75.0 Å². The molecule has 1 saturated heterocycles. The number of aliphatic hydroxyl groups is 1. The smallest absolute Gasteiger partial charge is 0.0431 e. The van der Waals surface area contributed by atoms with Crippen LogP contribution in [0.25, 0.3) is 0 Å². The minimum Gasteiger partial charge on any atom is -0.396 e. The summed E-state index contributed by atoms with van der Waals surface area (Å²) in [6.07, 6.45) is 2.06. The minimum absolute atomic E-state index is 0.332. The number of likely N-dealkylation sites (tertiary alicyclic amines) is 1. The van der Waals surface area contributed by atoms with Gasteiger partial charge in [-0.15, -0.1) is 0 Å². The molecule has 3 nitrogen and oxygen atoms in total. The van der Waals surface area contributed by atoms with Crippen molar-refractivity contribution in [2.75, 3.05) is 40.3 Å². The molecule has 0 radical (unpaired) electrons. The molecule has 3 heteroatoms. The Morgan fingerprint density at radius 3 is 2.58 bits per heavy atom. The summed E-state index contributed by atoms with van der Waals surface area (Å²) in [7, 11) is 4.33. The maximum atomic E-state index is 8.60. The van der Waals surface area contributed by atoms with Crippen molar-refractivity contribution in [3.8, 4) is 0 Å². The van der Waals surface area contributed by atoms with E-state index in [9.17, 15) is 0 Å². The first-order chi connectivity index (χ1) is 5.74. The van der Waals surface area contributed by atoms with E-state index in [4.69, 9.17) is 5.11 Å². The number of nitrogens with zero attached hydrogens (tertiary/aromatic N) is 2. The summed E-state index contributed by atoms with van der Waals surface area (Å²) in [6.45, 7) is 3.86. The van der Waals surface area contributed by atoms with Crippen LogP contribution in [-0.4, -0.2) is 61.3 Å². The molecule has 0 atom stereocenters. The largest absolute Gasteiger partial charge is 0.396 e. The zero-order chi connectivity index (χ0) is 8.97. The zero-order valence-electron chi connectivity index (χ0n) is 8.16. The predicted octanol–water partition coefficient (Wildman–Crippen LogP) is 0.00470. The summed E-state index contributed by atoms with van der Waals surface area (Å²) in [4.78, 5) is 4.73. The van der Waals surface area contributed by atoms with E-state index in [0.29, 0.717) is 6.61 Å². The van der Waals surface area contributed by atoms with E-state index in [1.54, 1.807) is 0 Å². The molecule has 0 aromatic heterocycles. The standard InChI is InChI=1S/C9H20N2O/c1-10-7-9(8-10)11(2)5-3-4-6-12/h9,12H,3-8H2,1-2H3. The van der Waals surface area contributed by atoms with E-state index in [2.05, 4.69) is 23.9 Å². The highest BCUT2D eigenvalue weighted by Gasteiger charge is 2.25. The second-order valence-electron chi connectivity index (χ2n) is 3.79. The number of aliphatic hydroxyl groups excluding tert-OH is 1. The molecule has 12 heavy (non-hydrogen) atoms. The van der Waals surface area contributed by atoms with Gasteiger partial charge in [-0.05, 0) is 33.5 Å². The van der Waals surface area contributed by atoms with Crippen molar-refractivity contribution in [3.05, 3.63) is 0 Å². The van der Waals surface area contributed by atoms with Crippen LogP contribution < -0.4 is 0 Å². The molecule has 72 valence electrons. The molecule has 0 spiro atoms. The minimum atomic E-state index is 0.332. The van der Waals surface area contributed by atoms with Gasteiger partial charge in [0.05, 0.1) is 0 Å². The molecule has 0 aliphatic carbocycles. The Morgan fingerprint density at radius 1 is 1.42 bits per heavy atom. The van der Waals surface area contributed by atoms with Crippen molar-refractivity contribution in [2.24, 2.45) is 0 Å². The predicted molar refractivity (Wildman–Crippen MR) is 50.2 cm³/mol. The quantitative estimate of drug-likeness (QED) is 0.592. The average molecular weight is 172 g/mol. The van der Waals surface area contributed by atoms with Gasteiger partial charge in [0.25, 0.3) is 0 Å². The maximum Gasteiger partial charge on any atom is 0.0431 e. The van der Waals surface area contributed by atoms with E-state index in [1.807, 2.05) is 0 Å². The second kappa shape index (κ2) is 4.80. The molecule has 1 N–H and O–H groups in total. The lowest BCUT2D eigenvalue weighted by molar-refractivity contribution is 0.0686. The monoisotopic (exact) mass is 172 g/mol. The Morgan fingerprint density at radius 2 is 2.08 bits per heavy atom. The molecule has 1 fully saturated rings. The van der Waals surface area contributed by atoms with Crippen LogP contribution in [0.4, 0.5) is 0 Å². The van der Waals surface area contributed by atoms with Crippen LogP contribution in [0.3, 0.4) is 0 Å². The average Bonchev–Trinajstić information content (AvgIpc) is 1.99. The Kier molecular flexibility index (Phi) is 3.98. The number of likely N-dealkylation sites (N-methyl/N-ethyl adjacent to an activating group) is 2. The van der Waals surface area contributed by atoms with Crippen LogP contribution in [0.15, 0.2) is 0 Å². The van der Waals surface area contributed by atoms with Gasteiger partial charge in [0.2, 0.25) is 0 Å². The van der Waals surface area contributed by atoms with Gasteiger partial charge in [0, 0.05) is 25.7 Å². The molecule has 0 saturated carbocycles. The summed E-state index contributed by atoms with van der Waals surface area (Å²) in [6, 6.07) is 0.758. The van der Waals surface area contributed by atoms with Crippen molar-refractivity contribution in [1.29, 1.82) is 0 Å². The van der Waals surface area contributed by atoms with Gasteiger partial charge >= 0.3 is 0 Å². The number of rotatable bonds is 5. The maximum absolute atomic E-state index is 8.60. The number of hydrogen-bond acceptors (Lipinski definition) is 3. The number of hydrogen-bond donors (Lipinski definition) is 1. The van der Waals surface area contributed by atoms with Gasteiger partial charge in [0.1, 0.15) is 0 Å². The molecule has 0 unspecified atom stereocenters. The van der Waals surface area contributed by atoms with Gasteiger partial charge in [-0.25, -0.2) is 0 Å². The van der Waals surface area contributed by atoms with E-state index < -0.39 is 0 Å². The molecular formula is C9H20N2O. The lowest BCUT2D eigenvalue weighted by Gasteiger charge is -2.42. The zero-order valence-corrected chi connectivity index (χ0v) is 8.16. The molecule has 1 aliphatic heterocycles. The fraction of sp³-hybridized carbons (Fsp3) is 1.00. The molecule has 1 aliphatic rings. The third-order valence-corrected chi connectivity index (χ3v) is 2.59. The van der Waals surface area contributed by atoms with Gasteiger partial charge in [-0.2, -0.15) is 0 Å². The first-order valence-corrected chi connectivity index (χ1v) is 4.73. The first kappa shape index (κ1) is 9.96. The van der Waals surface area contributed by atoms with Crippen LogP contribution in [0.2, 0.25) is 0 Å². The Balaban J connectivity index is 2.00.